The highest BCUT2D eigenvalue weighted by atomic mass is 28.1. The van der Waals surface area contributed by atoms with E-state index in [9.17, 15) is 0 Å². The summed E-state index contributed by atoms with van der Waals surface area (Å²) >= 11 is 0. The Morgan fingerprint density at radius 1 is 1.21 bits per heavy atom. The standard InChI is InChI=1S/C13H13Si/c14-12-3-1-2-10(8-12)13-7-9-4-5-11(13)6-9/h1-3,7-9,11H,4-6H2. The fourth-order valence-corrected chi connectivity index (χ4v) is 3.12. The molecule has 1 saturated carbocycles. The predicted octanol–water partition coefficient (Wildman–Crippen LogP) is 2.29. The van der Waals surface area contributed by atoms with Gasteiger partial charge in [0.2, 0.25) is 0 Å². The van der Waals surface area contributed by atoms with Crippen LogP contribution in [0.4, 0.5) is 0 Å². The summed E-state index contributed by atoms with van der Waals surface area (Å²) in [6, 6.07) is 8.69. The van der Waals surface area contributed by atoms with Crippen LogP contribution in [0.25, 0.3) is 5.57 Å². The summed E-state index contributed by atoms with van der Waals surface area (Å²) in [7, 11) is 3.59. The van der Waals surface area contributed by atoms with Crippen molar-refractivity contribution in [2.45, 2.75) is 19.3 Å². The first-order valence-corrected chi connectivity index (χ1v) is 5.87. The van der Waals surface area contributed by atoms with Gasteiger partial charge in [-0.25, -0.2) is 0 Å². The van der Waals surface area contributed by atoms with E-state index in [0.717, 1.165) is 11.8 Å². The van der Waals surface area contributed by atoms with E-state index in [1.54, 1.807) is 5.57 Å². The molecule has 2 aliphatic rings. The molecule has 0 amide bonds. The first-order chi connectivity index (χ1) is 6.83. The molecule has 2 bridgehead atoms. The molecule has 0 spiro atoms. The van der Waals surface area contributed by atoms with Gasteiger partial charge < -0.3 is 0 Å². The molecule has 0 nitrogen and oxygen atoms in total. The van der Waals surface area contributed by atoms with Crippen LogP contribution in [0.3, 0.4) is 0 Å². The second-order valence-corrected chi connectivity index (χ2v) is 5.05. The van der Waals surface area contributed by atoms with Gasteiger partial charge in [-0.05, 0) is 42.2 Å². The average molecular weight is 197 g/mol. The largest absolute Gasteiger partial charge is 0.0773 e. The summed E-state index contributed by atoms with van der Waals surface area (Å²) in [5, 5.41) is 1.19. The quantitative estimate of drug-likeness (QED) is 0.606. The molecular weight excluding hydrogens is 184 g/mol. The summed E-state index contributed by atoms with van der Waals surface area (Å²) in [5.41, 5.74) is 3.02. The number of allylic oxidation sites excluding steroid dienone is 2. The van der Waals surface area contributed by atoms with Crippen LogP contribution >= 0.6 is 0 Å². The molecule has 1 fully saturated rings. The number of benzene rings is 1. The molecule has 1 heteroatoms. The highest BCUT2D eigenvalue weighted by Crippen LogP contribution is 2.47. The molecule has 1 aromatic rings. The van der Waals surface area contributed by atoms with Crippen LogP contribution in [0.2, 0.25) is 0 Å². The van der Waals surface area contributed by atoms with Crippen LogP contribution in [0.5, 0.6) is 0 Å². The van der Waals surface area contributed by atoms with Crippen molar-refractivity contribution in [2.24, 2.45) is 11.8 Å². The third-order valence-corrected chi connectivity index (χ3v) is 3.84. The first kappa shape index (κ1) is 8.48. The van der Waals surface area contributed by atoms with Gasteiger partial charge in [-0.15, -0.1) is 0 Å². The van der Waals surface area contributed by atoms with Crippen LogP contribution in [-0.2, 0) is 0 Å². The van der Waals surface area contributed by atoms with Crippen LogP contribution in [0, 0.1) is 11.8 Å². The van der Waals surface area contributed by atoms with Gasteiger partial charge in [0.25, 0.3) is 0 Å². The molecule has 2 atom stereocenters. The molecule has 0 saturated heterocycles. The number of rotatable bonds is 1. The van der Waals surface area contributed by atoms with E-state index >= 15 is 0 Å². The Morgan fingerprint density at radius 2 is 2.14 bits per heavy atom. The lowest BCUT2D eigenvalue weighted by atomic mass is 9.92. The molecule has 69 valence electrons. The second kappa shape index (κ2) is 3.09. The van der Waals surface area contributed by atoms with Gasteiger partial charge >= 0.3 is 0 Å². The van der Waals surface area contributed by atoms with Gasteiger partial charge in [-0.3, -0.25) is 0 Å². The van der Waals surface area contributed by atoms with E-state index < -0.39 is 0 Å². The molecule has 1 aromatic carbocycles. The fraction of sp³-hybridized carbons (Fsp3) is 0.385. The molecule has 3 rings (SSSR count). The molecule has 0 aliphatic heterocycles. The van der Waals surface area contributed by atoms with Gasteiger partial charge in [0.15, 0.2) is 0 Å². The van der Waals surface area contributed by atoms with Crippen LogP contribution in [0.1, 0.15) is 24.8 Å². The van der Waals surface area contributed by atoms with Gasteiger partial charge in [-0.2, -0.15) is 0 Å². The van der Waals surface area contributed by atoms with Crippen molar-refractivity contribution >= 4 is 21.0 Å². The average Bonchev–Trinajstić information content (AvgIpc) is 2.78. The zero-order chi connectivity index (χ0) is 9.54. The van der Waals surface area contributed by atoms with Crippen molar-refractivity contribution in [3.05, 3.63) is 35.9 Å². The van der Waals surface area contributed by atoms with Crippen molar-refractivity contribution in [3.63, 3.8) is 0 Å². The van der Waals surface area contributed by atoms with Crippen molar-refractivity contribution in [1.82, 2.24) is 0 Å². The van der Waals surface area contributed by atoms with E-state index in [1.807, 2.05) is 0 Å². The monoisotopic (exact) mass is 197 g/mol. The Kier molecular flexibility index (Phi) is 1.87. The Bertz CT molecular complexity index is 392. The minimum Gasteiger partial charge on any atom is -0.0773 e. The summed E-state index contributed by atoms with van der Waals surface area (Å²) in [6.07, 6.45) is 6.72. The normalized spacial score (nSPS) is 29.4. The van der Waals surface area contributed by atoms with E-state index in [1.165, 1.54) is 30.0 Å². The maximum atomic E-state index is 3.59. The van der Waals surface area contributed by atoms with E-state index in [0.29, 0.717) is 0 Å². The highest BCUT2D eigenvalue weighted by Gasteiger charge is 2.32. The first-order valence-electron chi connectivity index (χ1n) is 5.37. The molecule has 14 heavy (non-hydrogen) atoms. The Hall–Kier alpha value is -0.823. The van der Waals surface area contributed by atoms with Gasteiger partial charge in [0.1, 0.15) is 0 Å². The zero-order valence-corrected chi connectivity index (χ0v) is 9.16. The number of hydrogen-bond donors (Lipinski definition) is 0. The highest BCUT2D eigenvalue weighted by molar-refractivity contribution is 6.32. The topological polar surface area (TPSA) is 0 Å². The predicted molar refractivity (Wildman–Crippen MR) is 60.6 cm³/mol. The van der Waals surface area contributed by atoms with Crippen molar-refractivity contribution in [2.75, 3.05) is 0 Å². The van der Waals surface area contributed by atoms with Gasteiger partial charge in [0.05, 0.1) is 10.2 Å². The molecule has 2 aliphatic carbocycles. The van der Waals surface area contributed by atoms with Crippen molar-refractivity contribution in [3.8, 4) is 0 Å². The number of hydrogen-bond acceptors (Lipinski definition) is 0. The van der Waals surface area contributed by atoms with Crippen LogP contribution < -0.4 is 5.19 Å². The van der Waals surface area contributed by atoms with Gasteiger partial charge in [0, 0.05) is 0 Å². The second-order valence-electron chi connectivity index (χ2n) is 4.47. The molecule has 0 N–H and O–H groups in total. The summed E-state index contributed by atoms with van der Waals surface area (Å²) in [4.78, 5) is 0. The maximum absolute atomic E-state index is 3.59. The summed E-state index contributed by atoms with van der Waals surface area (Å²) < 4.78 is 0. The SMILES string of the molecule is [Si]c1cccc(C2=CC3CCC2C3)c1. The lowest BCUT2D eigenvalue weighted by Crippen LogP contribution is -2.04. The smallest absolute Gasteiger partial charge is 0.0712 e. The van der Waals surface area contributed by atoms with E-state index in [-0.39, 0.29) is 0 Å². The van der Waals surface area contributed by atoms with E-state index in [2.05, 4.69) is 40.6 Å². The van der Waals surface area contributed by atoms with Gasteiger partial charge in [-0.1, -0.05) is 35.5 Å². The molecular formula is C13H13Si. The fourth-order valence-electron chi connectivity index (χ4n) is 2.87. The molecule has 3 radical (unpaired) electrons. The van der Waals surface area contributed by atoms with Crippen LogP contribution in [0.15, 0.2) is 30.3 Å². The molecule has 0 aromatic heterocycles. The molecule has 0 heterocycles. The summed E-state index contributed by atoms with van der Waals surface area (Å²) in [6.45, 7) is 0. The zero-order valence-electron chi connectivity index (χ0n) is 8.16. The Morgan fingerprint density at radius 3 is 2.79 bits per heavy atom. The third-order valence-electron chi connectivity index (χ3n) is 3.52. The Balaban J connectivity index is 2.00. The molecule has 2 unspecified atom stereocenters. The summed E-state index contributed by atoms with van der Waals surface area (Å²) in [5.74, 6) is 1.74. The van der Waals surface area contributed by atoms with Crippen LogP contribution in [-0.4, -0.2) is 10.2 Å². The maximum Gasteiger partial charge on any atom is 0.0712 e. The van der Waals surface area contributed by atoms with Crippen molar-refractivity contribution < 1.29 is 0 Å². The van der Waals surface area contributed by atoms with Crippen molar-refractivity contribution in [1.29, 1.82) is 0 Å². The minimum absolute atomic E-state index is 0.855. The third kappa shape index (κ3) is 1.27. The lowest BCUT2D eigenvalue weighted by Gasteiger charge is -2.13. The Labute approximate surface area is 88.5 Å². The minimum atomic E-state index is 0.855. The number of fused-ring (bicyclic) bond motifs is 2. The van der Waals surface area contributed by atoms with E-state index in [4.69, 9.17) is 0 Å². The lowest BCUT2D eigenvalue weighted by molar-refractivity contribution is 0.695.